The zero-order valence-electron chi connectivity index (χ0n) is 11.6. The van der Waals surface area contributed by atoms with E-state index < -0.39 is 0 Å². The molecule has 1 unspecified atom stereocenters. The van der Waals surface area contributed by atoms with Crippen molar-refractivity contribution < 1.29 is 9.90 Å². The van der Waals surface area contributed by atoms with Crippen LogP contribution < -0.4 is 5.73 Å². The maximum atomic E-state index is 12.6. The van der Waals surface area contributed by atoms with E-state index in [1.165, 1.54) is 0 Å². The molecule has 0 bridgehead atoms. The number of aromatic amines is 1. The van der Waals surface area contributed by atoms with Gasteiger partial charge in [-0.1, -0.05) is 6.07 Å². The number of phenolic OH excluding ortho intramolecular Hbond substituents is 1. The Hall–Kier alpha value is -2.50. The van der Waals surface area contributed by atoms with Gasteiger partial charge < -0.3 is 15.7 Å². The SMILES string of the molecule is Nc1cccc(C(=O)N2CCCC(c3ccn[nH]3)C2)c1O. The molecule has 4 N–H and O–H groups in total. The Balaban J connectivity index is 1.80. The van der Waals surface area contributed by atoms with Crippen LogP contribution in [0.2, 0.25) is 0 Å². The zero-order chi connectivity index (χ0) is 14.8. The van der Waals surface area contributed by atoms with Crippen LogP contribution in [-0.2, 0) is 0 Å². The second kappa shape index (κ2) is 5.47. The summed E-state index contributed by atoms with van der Waals surface area (Å²) in [5, 5.41) is 16.9. The second-order valence-electron chi connectivity index (χ2n) is 5.35. The number of likely N-dealkylation sites (tertiary alicyclic amines) is 1. The number of benzene rings is 1. The standard InChI is InChI=1S/C15H18N4O2/c16-12-5-1-4-11(14(12)20)15(21)19-8-2-3-10(9-19)13-6-7-17-18-13/h1,4-7,10,20H,2-3,8-9,16H2,(H,17,18). The molecule has 1 saturated heterocycles. The van der Waals surface area contributed by atoms with Crippen LogP contribution in [0.4, 0.5) is 5.69 Å². The van der Waals surface area contributed by atoms with Crippen molar-refractivity contribution >= 4 is 11.6 Å². The van der Waals surface area contributed by atoms with Gasteiger partial charge in [-0.3, -0.25) is 9.89 Å². The molecule has 1 aliphatic heterocycles. The van der Waals surface area contributed by atoms with Crippen molar-refractivity contribution in [1.29, 1.82) is 0 Å². The summed E-state index contributed by atoms with van der Waals surface area (Å²) in [7, 11) is 0. The number of hydrogen-bond donors (Lipinski definition) is 3. The molecule has 1 aliphatic rings. The predicted octanol–water partition coefficient (Wildman–Crippen LogP) is 1.72. The molecule has 1 aromatic heterocycles. The number of piperidine rings is 1. The average Bonchev–Trinajstić information content (AvgIpc) is 3.04. The second-order valence-corrected chi connectivity index (χ2v) is 5.35. The first-order chi connectivity index (χ1) is 10.2. The molecule has 0 aliphatic carbocycles. The van der Waals surface area contributed by atoms with Gasteiger partial charge in [-0.25, -0.2) is 0 Å². The van der Waals surface area contributed by atoms with Crippen molar-refractivity contribution in [1.82, 2.24) is 15.1 Å². The van der Waals surface area contributed by atoms with Gasteiger partial charge in [0.15, 0.2) is 5.75 Å². The number of para-hydroxylation sites is 1. The van der Waals surface area contributed by atoms with Crippen LogP contribution in [0.15, 0.2) is 30.5 Å². The fraction of sp³-hybridized carbons (Fsp3) is 0.333. The molecule has 1 fully saturated rings. The summed E-state index contributed by atoms with van der Waals surface area (Å²) in [4.78, 5) is 14.3. The zero-order valence-corrected chi connectivity index (χ0v) is 11.6. The molecule has 0 radical (unpaired) electrons. The highest BCUT2D eigenvalue weighted by Crippen LogP contribution is 2.29. The number of aromatic nitrogens is 2. The molecule has 2 aromatic rings. The number of nitrogens with one attached hydrogen (secondary N) is 1. The molecule has 1 aromatic carbocycles. The van der Waals surface area contributed by atoms with Crippen molar-refractivity contribution in [3.63, 3.8) is 0 Å². The van der Waals surface area contributed by atoms with Crippen LogP contribution in [0.3, 0.4) is 0 Å². The number of carbonyl (C=O) groups excluding carboxylic acids is 1. The number of aromatic hydroxyl groups is 1. The highest BCUT2D eigenvalue weighted by atomic mass is 16.3. The number of phenols is 1. The van der Waals surface area contributed by atoms with E-state index in [4.69, 9.17) is 5.73 Å². The fourth-order valence-corrected chi connectivity index (χ4v) is 2.81. The maximum Gasteiger partial charge on any atom is 0.257 e. The summed E-state index contributed by atoms with van der Waals surface area (Å²) < 4.78 is 0. The number of nitrogens with two attached hydrogens (primary N) is 1. The van der Waals surface area contributed by atoms with E-state index in [1.807, 2.05) is 6.07 Å². The largest absolute Gasteiger partial charge is 0.505 e. The van der Waals surface area contributed by atoms with E-state index in [-0.39, 0.29) is 28.8 Å². The molecule has 21 heavy (non-hydrogen) atoms. The lowest BCUT2D eigenvalue weighted by Crippen LogP contribution is -2.39. The Kier molecular flexibility index (Phi) is 3.51. The first-order valence-electron chi connectivity index (χ1n) is 7.03. The highest BCUT2D eigenvalue weighted by molar-refractivity contribution is 5.98. The minimum Gasteiger partial charge on any atom is -0.505 e. The normalized spacial score (nSPS) is 18.7. The molecular weight excluding hydrogens is 268 g/mol. The lowest BCUT2D eigenvalue weighted by Gasteiger charge is -2.32. The molecule has 6 heteroatoms. The van der Waals surface area contributed by atoms with Gasteiger partial charge in [-0.15, -0.1) is 0 Å². The predicted molar refractivity (Wildman–Crippen MR) is 79.0 cm³/mol. The smallest absolute Gasteiger partial charge is 0.257 e. The molecule has 0 spiro atoms. The van der Waals surface area contributed by atoms with Gasteiger partial charge >= 0.3 is 0 Å². The first kappa shape index (κ1) is 13.5. The Morgan fingerprint density at radius 3 is 3.05 bits per heavy atom. The molecule has 2 heterocycles. The first-order valence-corrected chi connectivity index (χ1v) is 7.03. The number of hydrogen-bond acceptors (Lipinski definition) is 4. The highest BCUT2D eigenvalue weighted by Gasteiger charge is 2.27. The van der Waals surface area contributed by atoms with E-state index >= 15 is 0 Å². The third kappa shape index (κ3) is 2.56. The van der Waals surface area contributed by atoms with Crippen LogP contribution in [0, 0.1) is 0 Å². The number of rotatable bonds is 2. The van der Waals surface area contributed by atoms with E-state index in [0.29, 0.717) is 13.1 Å². The summed E-state index contributed by atoms with van der Waals surface area (Å²) in [5.41, 5.74) is 7.19. The number of H-pyrrole nitrogens is 1. The summed E-state index contributed by atoms with van der Waals surface area (Å²) in [6.45, 7) is 1.31. The van der Waals surface area contributed by atoms with Crippen LogP contribution in [0.5, 0.6) is 5.75 Å². The summed E-state index contributed by atoms with van der Waals surface area (Å²) >= 11 is 0. The van der Waals surface area contributed by atoms with Gasteiger partial charge in [0.2, 0.25) is 0 Å². The van der Waals surface area contributed by atoms with Gasteiger partial charge in [-0.05, 0) is 31.0 Å². The Morgan fingerprint density at radius 2 is 2.29 bits per heavy atom. The van der Waals surface area contributed by atoms with Crippen molar-refractivity contribution in [2.45, 2.75) is 18.8 Å². The Labute approximate surface area is 122 Å². The molecule has 0 saturated carbocycles. The van der Waals surface area contributed by atoms with Gasteiger partial charge in [0.05, 0.1) is 11.3 Å². The number of anilines is 1. The van der Waals surface area contributed by atoms with Gasteiger partial charge in [0.1, 0.15) is 0 Å². The molecular formula is C15H18N4O2. The lowest BCUT2D eigenvalue weighted by molar-refractivity contribution is 0.0703. The number of nitrogens with zero attached hydrogens (tertiary/aromatic N) is 2. The topological polar surface area (TPSA) is 95.2 Å². The molecule has 1 atom stereocenters. The summed E-state index contributed by atoms with van der Waals surface area (Å²) in [6, 6.07) is 6.80. The maximum absolute atomic E-state index is 12.6. The summed E-state index contributed by atoms with van der Waals surface area (Å²) in [6.07, 6.45) is 3.67. The van der Waals surface area contributed by atoms with Gasteiger partial charge in [0.25, 0.3) is 5.91 Å². The lowest BCUT2D eigenvalue weighted by atomic mass is 9.94. The third-order valence-electron chi connectivity index (χ3n) is 3.97. The number of amides is 1. The van der Waals surface area contributed by atoms with E-state index in [9.17, 15) is 9.90 Å². The van der Waals surface area contributed by atoms with E-state index in [0.717, 1.165) is 18.5 Å². The average molecular weight is 286 g/mol. The van der Waals surface area contributed by atoms with Gasteiger partial charge in [-0.2, -0.15) is 5.10 Å². The van der Waals surface area contributed by atoms with E-state index in [1.54, 1.807) is 29.3 Å². The molecule has 1 amide bonds. The minimum atomic E-state index is -0.177. The van der Waals surface area contributed by atoms with Crippen LogP contribution in [0.25, 0.3) is 0 Å². The van der Waals surface area contributed by atoms with Gasteiger partial charge in [0, 0.05) is 30.9 Å². The molecule has 110 valence electrons. The van der Waals surface area contributed by atoms with Crippen molar-refractivity contribution in [2.24, 2.45) is 0 Å². The van der Waals surface area contributed by atoms with Crippen molar-refractivity contribution in [3.8, 4) is 5.75 Å². The van der Waals surface area contributed by atoms with Crippen molar-refractivity contribution in [2.75, 3.05) is 18.8 Å². The van der Waals surface area contributed by atoms with Crippen LogP contribution in [-0.4, -0.2) is 39.2 Å². The van der Waals surface area contributed by atoms with E-state index in [2.05, 4.69) is 10.2 Å². The number of nitrogen functional groups attached to an aromatic ring is 1. The fourth-order valence-electron chi connectivity index (χ4n) is 2.81. The minimum absolute atomic E-state index is 0.133. The third-order valence-corrected chi connectivity index (χ3v) is 3.97. The Bertz CT molecular complexity index is 639. The van der Waals surface area contributed by atoms with Crippen LogP contribution >= 0.6 is 0 Å². The molecule has 6 nitrogen and oxygen atoms in total. The molecule has 3 rings (SSSR count). The Morgan fingerprint density at radius 1 is 1.43 bits per heavy atom. The number of carbonyl (C=O) groups is 1. The van der Waals surface area contributed by atoms with Crippen molar-refractivity contribution in [3.05, 3.63) is 41.7 Å². The quantitative estimate of drug-likeness (QED) is 0.578. The van der Waals surface area contributed by atoms with Crippen LogP contribution in [0.1, 0.15) is 34.8 Å². The summed E-state index contributed by atoms with van der Waals surface area (Å²) in [5.74, 6) is -0.0522. The monoisotopic (exact) mass is 286 g/mol.